The molecular formula is C11H11BrFNO5S. The molecule has 0 aromatic heterocycles. The molecule has 1 aliphatic rings. The van der Waals surface area contributed by atoms with Crippen molar-refractivity contribution < 1.29 is 27.4 Å². The molecule has 110 valence electrons. The minimum atomic E-state index is -4.08. The van der Waals surface area contributed by atoms with Crippen LogP contribution < -0.4 is 0 Å². The number of aliphatic carboxylic acids is 1. The van der Waals surface area contributed by atoms with Crippen LogP contribution in [-0.4, -0.2) is 49.6 Å². The normalized spacial score (nSPS) is 20.8. The van der Waals surface area contributed by atoms with Crippen molar-refractivity contribution in [1.82, 2.24) is 4.31 Å². The molecule has 20 heavy (non-hydrogen) atoms. The molecule has 2 rings (SSSR count). The highest BCUT2D eigenvalue weighted by atomic mass is 79.9. The summed E-state index contributed by atoms with van der Waals surface area (Å²) < 4.78 is 44.7. The molecule has 6 nitrogen and oxygen atoms in total. The fourth-order valence-electron chi connectivity index (χ4n) is 1.82. The average Bonchev–Trinajstić information content (AvgIpc) is 2.38. The van der Waals surface area contributed by atoms with Gasteiger partial charge in [0.1, 0.15) is 10.7 Å². The molecule has 1 saturated heterocycles. The predicted molar refractivity (Wildman–Crippen MR) is 70.2 cm³/mol. The molecule has 1 heterocycles. The van der Waals surface area contributed by atoms with Crippen LogP contribution in [0.4, 0.5) is 4.39 Å². The lowest BCUT2D eigenvalue weighted by Gasteiger charge is -2.30. The number of carbonyl (C=O) groups is 1. The largest absolute Gasteiger partial charge is 0.479 e. The summed E-state index contributed by atoms with van der Waals surface area (Å²) in [6, 6.07) is 3.59. The molecule has 9 heteroatoms. The standard InChI is InChI=1S/C11H11BrFNO5S/c12-7-1-2-10(8(13)5-7)20(17,18)14-3-4-19-9(6-14)11(15)16/h1-2,5,9H,3-4,6H2,(H,15,16). The molecule has 1 N–H and O–H groups in total. The first-order valence-electron chi connectivity index (χ1n) is 5.62. The molecule has 1 aliphatic heterocycles. The van der Waals surface area contributed by atoms with Gasteiger partial charge in [-0.15, -0.1) is 0 Å². The lowest BCUT2D eigenvalue weighted by atomic mass is 10.3. The van der Waals surface area contributed by atoms with E-state index in [0.29, 0.717) is 4.47 Å². The van der Waals surface area contributed by atoms with E-state index in [4.69, 9.17) is 9.84 Å². The zero-order valence-corrected chi connectivity index (χ0v) is 12.5. The zero-order valence-electron chi connectivity index (χ0n) is 10.1. The fraction of sp³-hybridized carbons (Fsp3) is 0.364. The van der Waals surface area contributed by atoms with Gasteiger partial charge in [-0.05, 0) is 18.2 Å². The topological polar surface area (TPSA) is 83.9 Å². The highest BCUT2D eigenvalue weighted by Crippen LogP contribution is 2.24. The van der Waals surface area contributed by atoms with Gasteiger partial charge in [-0.1, -0.05) is 15.9 Å². The van der Waals surface area contributed by atoms with Crippen molar-refractivity contribution >= 4 is 31.9 Å². The third-order valence-electron chi connectivity index (χ3n) is 2.82. The SMILES string of the molecule is O=C(O)C1CN(S(=O)(=O)c2ccc(Br)cc2F)CCO1. The minimum absolute atomic E-state index is 0.0123. The summed E-state index contributed by atoms with van der Waals surface area (Å²) in [7, 11) is -4.08. The van der Waals surface area contributed by atoms with Crippen molar-refractivity contribution in [3.05, 3.63) is 28.5 Å². The summed E-state index contributed by atoms with van der Waals surface area (Å²) in [5, 5.41) is 8.86. The monoisotopic (exact) mass is 367 g/mol. The maximum Gasteiger partial charge on any atom is 0.334 e. The van der Waals surface area contributed by atoms with E-state index in [1.807, 2.05) is 0 Å². The van der Waals surface area contributed by atoms with Crippen LogP contribution in [0, 0.1) is 5.82 Å². The van der Waals surface area contributed by atoms with Crippen LogP contribution in [0.25, 0.3) is 0 Å². The minimum Gasteiger partial charge on any atom is -0.479 e. The molecular weight excluding hydrogens is 357 g/mol. The Morgan fingerprint density at radius 3 is 2.80 bits per heavy atom. The van der Waals surface area contributed by atoms with Crippen LogP contribution >= 0.6 is 15.9 Å². The molecule has 1 atom stereocenters. The number of hydrogen-bond acceptors (Lipinski definition) is 4. The molecule has 0 bridgehead atoms. The second-order valence-electron chi connectivity index (χ2n) is 4.14. The van der Waals surface area contributed by atoms with Crippen LogP contribution in [0.2, 0.25) is 0 Å². The Hall–Kier alpha value is -1.03. The number of morpholine rings is 1. The fourth-order valence-corrected chi connectivity index (χ4v) is 3.62. The number of benzene rings is 1. The van der Waals surface area contributed by atoms with Crippen LogP contribution in [0.3, 0.4) is 0 Å². The summed E-state index contributed by atoms with van der Waals surface area (Å²) in [5.74, 6) is -2.14. The number of carboxylic acid groups (broad SMARTS) is 1. The lowest BCUT2D eigenvalue weighted by Crippen LogP contribution is -2.48. The van der Waals surface area contributed by atoms with E-state index in [2.05, 4.69) is 15.9 Å². The van der Waals surface area contributed by atoms with Gasteiger partial charge in [-0.25, -0.2) is 17.6 Å². The number of sulfonamides is 1. The summed E-state index contributed by atoms with van der Waals surface area (Å²) in [6.07, 6.45) is -1.24. The summed E-state index contributed by atoms with van der Waals surface area (Å²) >= 11 is 3.04. The molecule has 0 saturated carbocycles. The number of rotatable bonds is 3. The summed E-state index contributed by atoms with van der Waals surface area (Å²) in [5.41, 5.74) is 0. The van der Waals surface area contributed by atoms with E-state index < -0.39 is 32.8 Å². The van der Waals surface area contributed by atoms with Crippen molar-refractivity contribution in [2.24, 2.45) is 0 Å². The highest BCUT2D eigenvalue weighted by Gasteiger charge is 2.35. The van der Waals surface area contributed by atoms with Gasteiger partial charge in [0.05, 0.1) is 13.2 Å². The number of hydrogen-bond donors (Lipinski definition) is 1. The van der Waals surface area contributed by atoms with E-state index in [1.165, 1.54) is 6.07 Å². The molecule has 1 aromatic rings. The van der Waals surface area contributed by atoms with Gasteiger partial charge in [0, 0.05) is 11.0 Å². The Bertz CT molecular complexity index is 636. The van der Waals surface area contributed by atoms with E-state index in [9.17, 15) is 17.6 Å². The average molecular weight is 368 g/mol. The van der Waals surface area contributed by atoms with E-state index in [1.54, 1.807) is 0 Å². The van der Waals surface area contributed by atoms with Crippen molar-refractivity contribution in [2.45, 2.75) is 11.0 Å². The molecule has 0 aliphatic carbocycles. The van der Waals surface area contributed by atoms with Crippen molar-refractivity contribution in [3.8, 4) is 0 Å². The second-order valence-corrected chi connectivity index (χ2v) is 6.96. The molecule has 1 aromatic carbocycles. The van der Waals surface area contributed by atoms with Crippen LogP contribution in [-0.2, 0) is 19.6 Å². The smallest absolute Gasteiger partial charge is 0.334 e. The summed E-state index contributed by atoms with van der Waals surface area (Å²) in [4.78, 5) is 10.4. The predicted octanol–water partition coefficient (Wildman–Crippen LogP) is 1.06. The number of halogens is 2. The highest BCUT2D eigenvalue weighted by molar-refractivity contribution is 9.10. The third-order valence-corrected chi connectivity index (χ3v) is 5.21. The second kappa shape index (κ2) is 5.76. The quantitative estimate of drug-likeness (QED) is 0.863. The maximum absolute atomic E-state index is 13.8. The number of nitrogens with zero attached hydrogens (tertiary/aromatic N) is 1. The Balaban J connectivity index is 2.32. The third kappa shape index (κ3) is 3.00. The van der Waals surface area contributed by atoms with E-state index >= 15 is 0 Å². The lowest BCUT2D eigenvalue weighted by molar-refractivity contribution is -0.153. The van der Waals surface area contributed by atoms with Gasteiger partial charge < -0.3 is 9.84 Å². The number of carboxylic acids is 1. The summed E-state index contributed by atoms with van der Waals surface area (Å²) in [6.45, 7) is -0.400. The first-order valence-corrected chi connectivity index (χ1v) is 7.85. The van der Waals surface area contributed by atoms with Gasteiger partial charge in [-0.2, -0.15) is 4.31 Å². The first kappa shape index (κ1) is 15.4. The Labute approximate surface area is 123 Å². The molecule has 0 spiro atoms. The molecule has 1 unspecified atom stereocenters. The molecule has 0 amide bonds. The van der Waals surface area contributed by atoms with Gasteiger partial charge in [-0.3, -0.25) is 0 Å². The van der Waals surface area contributed by atoms with Gasteiger partial charge >= 0.3 is 5.97 Å². The van der Waals surface area contributed by atoms with E-state index in [0.717, 1.165) is 16.4 Å². The van der Waals surface area contributed by atoms with Gasteiger partial charge in [0.15, 0.2) is 6.10 Å². The van der Waals surface area contributed by atoms with E-state index in [-0.39, 0.29) is 19.7 Å². The van der Waals surface area contributed by atoms with Crippen molar-refractivity contribution in [1.29, 1.82) is 0 Å². The Kier molecular flexibility index (Phi) is 4.43. The maximum atomic E-state index is 13.8. The molecule has 0 radical (unpaired) electrons. The van der Waals surface area contributed by atoms with Crippen molar-refractivity contribution in [3.63, 3.8) is 0 Å². The van der Waals surface area contributed by atoms with Crippen LogP contribution in [0.15, 0.2) is 27.6 Å². The van der Waals surface area contributed by atoms with Crippen LogP contribution in [0.1, 0.15) is 0 Å². The van der Waals surface area contributed by atoms with Crippen LogP contribution in [0.5, 0.6) is 0 Å². The Morgan fingerprint density at radius 2 is 2.20 bits per heavy atom. The number of ether oxygens (including phenoxy) is 1. The first-order chi connectivity index (χ1) is 9.32. The van der Waals surface area contributed by atoms with Crippen molar-refractivity contribution in [2.75, 3.05) is 19.7 Å². The van der Waals surface area contributed by atoms with Gasteiger partial charge in [0.2, 0.25) is 10.0 Å². The Morgan fingerprint density at radius 1 is 1.50 bits per heavy atom. The van der Waals surface area contributed by atoms with Gasteiger partial charge in [0.25, 0.3) is 0 Å². The molecule has 1 fully saturated rings. The zero-order chi connectivity index (χ0) is 14.9.